The number of aryl methyl sites for hydroxylation is 2. The molecule has 1 aromatic heterocycles. The average Bonchev–Trinajstić information content (AvgIpc) is 2.36. The van der Waals surface area contributed by atoms with Gasteiger partial charge in [-0.25, -0.2) is 0 Å². The summed E-state index contributed by atoms with van der Waals surface area (Å²) in [5, 5.41) is 7.52. The van der Waals surface area contributed by atoms with Gasteiger partial charge in [-0.05, 0) is 33.4 Å². The second-order valence-electron chi connectivity index (χ2n) is 4.21. The molecule has 0 atom stereocenters. The van der Waals surface area contributed by atoms with Crippen LogP contribution in [-0.4, -0.2) is 22.4 Å². The molecule has 0 amide bonds. The standard InChI is InChI=1S/C10H19N3/c1-8-7-12-13(5)9(8)6-10(2,3)11-4/h7,11H,6H2,1-5H3. The van der Waals surface area contributed by atoms with Crippen LogP contribution in [0.4, 0.5) is 0 Å². The Labute approximate surface area is 80.1 Å². The van der Waals surface area contributed by atoms with Crippen molar-refractivity contribution in [3.63, 3.8) is 0 Å². The van der Waals surface area contributed by atoms with E-state index in [4.69, 9.17) is 0 Å². The Morgan fingerprint density at radius 3 is 2.54 bits per heavy atom. The van der Waals surface area contributed by atoms with Crippen molar-refractivity contribution in [3.8, 4) is 0 Å². The monoisotopic (exact) mass is 181 g/mol. The number of hydrogen-bond donors (Lipinski definition) is 1. The molecule has 0 aliphatic heterocycles. The number of nitrogens with zero attached hydrogens (tertiary/aromatic N) is 2. The molecule has 1 heterocycles. The summed E-state index contributed by atoms with van der Waals surface area (Å²) in [5.41, 5.74) is 2.71. The highest BCUT2D eigenvalue weighted by molar-refractivity contribution is 5.17. The van der Waals surface area contributed by atoms with Crippen LogP contribution in [0, 0.1) is 6.92 Å². The van der Waals surface area contributed by atoms with Gasteiger partial charge in [0, 0.05) is 24.7 Å². The highest BCUT2D eigenvalue weighted by atomic mass is 15.3. The smallest absolute Gasteiger partial charge is 0.0521 e. The number of nitrogens with one attached hydrogen (secondary N) is 1. The van der Waals surface area contributed by atoms with E-state index in [2.05, 4.69) is 31.2 Å². The van der Waals surface area contributed by atoms with Gasteiger partial charge in [-0.1, -0.05) is 0 Å². The molecule has 0 aliphatic rings. The van der Waals surface area contributed by atoms with Crippen molar-refractivity contribution in [3.05, 3.63) is 17.5 Å². The van der Waals surface area contributed by atoms with E-state index in [1.54, 1.807) is 0 Å². The molecule has 1 rings (SSSR count). The summed E-state index contributed by atoms with van der Waals surface area (Å²) in [6.45, 7) is 6.49. The third kappa shape index (κ3) is 2.31. The van der Waals surface area contributed by atoms with E-state index in [9.17, 15) is 0 Å². The fraction of sp³-hybridized carbons (Fsp3) is 0.700. The largest absolute Gasteiger partial charge is 0.314 e. The van der Waals surface area contributed by atoms with E-state index in [0.29, 0.717) is 0 Å². The lowest BCUT2D eigenvalue weighted by Crippen LogP contribution is -2.39. The van der Waals surface area contributed by atoms with Crippen molar-refractivity contribution in [1.29, 1.82) is 0 Å². The molecule has 0 radical (unpaired) electrons. The Hall–Kier alpha value is -0.830. The van der Waals surface area contributed by atoms with E-state index in [1.807, 2.05) is 25.0 Å². The van der Waals surface area contributed by atoms with Crippen LogP contribution in [0.25, 0.3) is 0 Å². The van der Waals surface area contributed by atoms with E-state index in [1.165, 1.54) is 11.3 Å². The van der Waals surface area contributed by atoms with Gasteiger partial charge in [0.05, 0.1) is 6.20 Å². The number of hydrogen-bond acceptors (Lipinski definition) is 2. The summed E-state index contributed by atoms with van der Waals surface area (Å²) in [6.07, 6.45) is 2.92. The van der Waals surface area contributed by atoms with Crippen LogP contribution >= 0.6 is 0 Å². The molecule has 1 N–H and O–H groups in total. The Morgan fingerprint density at radius 1 is 1.54 bits per heavy atom. The van der Waals surface area contributed by atoms with Crippen molar-refractivity contribution in [2.75, 3.05) is 7.05 Å². The molecule has 0 aromatic carbocycles. The molecule has 74 valence electrons. The second-order valence-corrected chi connectivity index (χ2v) is 4.21. The van der Waals surface area contributed by atoms with Gasteiger partial charge in [-0.3, -0.25) is 4.68 Å². The molecular weight excluding hydrogens is 162 g/mol. The zero-order valence-electron chi connectivity index (χ0n) is 9.18. The lowest BCUT2D eigenvalue weighted by atomic mass is 9.97. The Morgan fingerprint density at radius 2 is 2.15 bits per heavy atom. The number of likely N-dealkylation sites (N-methyl/N-ethyl adjacent to an activating group) is 1. The molecule has 3 nitrogen and oxygen atoms in total. The average molecular weight is 181 g/mol. The van der Waals surface area contributed by atoms with Gasteiger partial charge in [0.2, 0.25) is 0 Å². The van der Waals surface area contributed by atoms with Crippen LogP contribution in [0.2, 0.25) is 0 Å². The maximum atomic E-state index is 4.22. The molecule has 0 bridgehead atoms. The van der Waals surface area contributed by atoms with Crippen molar-refractivity contribution in [2.24, 2.45) is 7.05 Å². The SMILES string of the molecule is CNC(C)(C)Cc1c(C)cnn1C. The summed E-state index contributed by atoms with van der Waals surface area (Å²) in [5.74, 6) is 0. The molecule has 1 aromatic rings. The highest BCUT2D eigenvalue weighted by Gasteiger charge is 2.18. The first kappa shape index (κ1) is 10.3. The molecule has 0 fully saturated rings. The number of aromatic nitrogens is 2. The van der Waals surface area contributed by atoms with Gasteiger partial charge in [0.25, 0.3) is 0 Å². The highest BCUT2D eigenvalue weighted by Crippen LogP contribution is 2.14. The van der Waals surface area contributed by atoms with E-state index in [0.717, 1.165) is 6.42 Å². The predicted molar refractivity (Wildman–Crippen MR) is 54.8 cm³/mol. The van der Waals surface area contributed by atoms with E-state index in [-0.39, 0.29) is 5.54 Å². The molecule has 0 unspecified atom stereocenters. The van der Waals surface area contributed by atoms with Crippen molar-refractivity contribution >= 4 is 0 Å². The summed E-state index contributed by atoms with van der Waals surface area (Å²) in [6, 6.07) is 0. The normalized spacial score (nSPS) is 12.1. The maximum absolute atomic E-state index is 4.22. The van der Waals surface area contributed by atoms with E-state index >= 15 is 0 Å². The second kappa shape index (κ2) is 3.50. The molecule has 0 aliphatic carbocycles. The van der Waals surface area contributed by atoms with Crippen molar-refractivity contribution in [1.82, 2.24) is 15.1 Å². The fourth-order valence-corrected chi connectivity index (χ4v) is 1.33. The van der Waals surface area contributed by atoms with Crippen LogP contribution in [0.15, 0.2) is 6.20 Å². The minimum absolute atomic E-state index is 0.137. The third-order valence-electron chi connectivity index (χ3n) is 2.56. The van der Waals surface area contributed by atoms with Gasteiger partial charge in [-0.15, -0.1) is 0 Å². The molecule has 13 heavy (non-hydrogen) atoms. The zero-order chi connectivity index (χ0) is 10.1. The first-order chi connectivity index (χ1) is 5.96. The van der Waals surface area contributed by atoms with Crippen molar-refractivity contribution in [2.45, 2.75) is 32.7 Å². The first-order valence-electron chi connectivity index (χ1n) is 4.62. The quantitative estimate of drug-likeness (QED) is 0.761. The van der Waals surface area contributed by atoms with E-state index < -0.39 is 0 Å². The summed E-state index contributed by atoms with van der Waals surface area (Å²) >= 11 is 0. The molecule has 0 spiro atoms. The predicted octanol–water partition coefficient (Wildman–Crippen LogP) is 1.27. The van der Waals surface area contributed by atoms with Gasteiger partial charge in [0.1, 0.15) is 0 Å². The molecule has 3 heteroatoms. The van der Waals surface area contributed by atoms with Gasteiger partial charge in [-0.2, -0.15) is 5.10 Å². The third-order valence-corrected chi connectivity index (χ3v) is 2.56. The molecular formula is C10H19N3. The van der Waals surface area contributed by atoms with Crippen LogP contribution in [0.5, 0.6) is 0 Å². The summed E-state index contributed by atoms with van der Waals surface area (Å²) in [4.78, 5) is 0. The van der Waals surface area contributed by atoms with Gasteiger partial charge >= 0.3 is 0 Å². The maximum Gasteiger partial charge on any atom is 0.0521 e. The number of rotatable bonds is 3. The van der Waals surface area contributed by atoms with Crippen LogP contribution < -0.4 is 5.32 Å². The Bertz CT molecular complexity index is 267. The summed E-state index contributed by atoms with van der Waals surface area (Å²) in [7, 11) is 3.99. The lowest BCUT2D eigenvalue weighted by molar-refractivity contribution is 0.409. The zero-order valence-corrected chi connectivity index (χ0v) is 9.18. The van der Waals surface area contributed by atoms with Crippen molar-refractivity contribution < 1.29 is 0 Å². The first-order valence-corrected chi connectivity index (χ1v) is 4.62. The topological polar surface area (TPSA) is 29.9 Å². The van der Waals surface area contributed by atoms with Crippen LogP contribution in [0.3, 0.4) is 0 Å². The Kier molecular flexibility index (Phi) is 2.76. The summed E-state index contributed by atoms with van der Waals surface area (Å²) < 4.78 is 1.95. The van der Waals surface area contributed by atoms with Crippen LogP contribution in [-0.2, 0) is 13.5 Å². The van der Waals surface area contributed by atoms with Gasteiger partial charge < -0.3 is 5.32 Å². The lowest BCUT2D eigenvalue weighted by Gasteiger charge is -2.24. The van der Waals surface area contributed by atoms with Crippen LogP contribution in [0.1, 0.15) is 25.1 Å². The Balaban J connectivity index is 2.85. The fourth-order valence-electron chi connectivity index (χ4n) is 1.33. The van der Waals surface area contributed by atoms with Gasteiger partial charge in [0.15, 0.2) is 0 Å². The minimum Gasteiger partial charge on any atom is -0.314 e. The minimum atomic E-state index is 0.137. The molecule has 0 saturated heterocycles. The molecule has 0 saturated carbocycles.